The summed E-state index contributed by atoms with van der Waals surface area (Å²) in [7, 11) is 0. The zero-order valence-corrected chi connectivity index (χ0v) is 13.3. The van der Waals surface area contributed by atoms with Crippen LogP contribution >= 0.6 is 11.3 Å². The first kappa shape index (κ1) is 15.1. The summed E-state index contributed by atoms with van der Waals surface area (Å²) in [5.74, 6) is 1.64. The van der Waals surface area contributed by atoms with Crippen molar-refractivity contribution in [2.45, 2.75) is 52.5 Å². The maximum Gasteiger partial charge on any atom is 0.231 e. The van der Waals surface area contributed by atoms with Crippen LogP contribution in [0.5, 0.6) is 0 Å². The van der Waals surface area contributed by atoms with Crippen molar-refractivity contribution in [3.05, 3.63) is 27.8 Å². The summed E-state index contributed by atoms with van der Waals surface area (Å²) in [5.41, 5.74) is 1.01. The molecule has 0 aliphatic rings. The average Bonchev–Trinajstić information content (AvgIpc) is 3.05. The topological polar surface area (TPSA) is 63.8 Å². The van der Waals surface area contributed by atoms with Crippen molar-refractivity contribution in [2.24, 2.45) is 0 Å². The predicted molar refractivity (Wildman–Crippen MR) is 80.1 cm³/mol. The van der Waals surface area contributed by atoms with Crippen molar-refractivity contribution in [1.82, 2.24) is 20.4 Å². The molecule has 2 unspecified atom stereocenters. The Kier molecular flexibility index (Phi) is 5.25. The van der Waals surface area contributed by atoms with Gasteiger partial charge in [-0.2, -0.15) is 4.98 Å². The maximum absolute atomic E-state index is 5.41. The van der Waals surface area contributed by atoms with Gasteiger partial charge in [-0.05, 0) is 19.9 Å². The van der Waals surface area contributed by atoms with Gasteiger partial charge in [-0.1, -0.05) is 25.9 Å². The van der Waals surface area contributed by atoms with E-state index in [-0.39, 0.29) is 5.92 Å². The molecule has 2 aromatic heterocycles. The Bertz CT molecular complexity index is 537. The number of nitrogens with one attached hydrogen (secondary N) is 1. The van der Waals surface area contributed by atoms with E-state index in [9.17, 15) is 0 Å². The van der Waals surface area contributed by atoms with Gasteiger partial charge in [0.2, 0.25) is 5.89 Å². The Labute approximate surface area is 123 Å². The second-order valence-corrected chi connectivity index (χ2v) is 6.01. The fourth-order valence-corrected chi connectivity index (χ4v) is 2.90. The van der Waals surface area contributed by atoms with Crippen LogP contribution in [0.3, 0.4) is 0 Å². The molecule has 1 N–H and O–H groups in total. The number of hydrogen-bond acceptors (Lipinski definition) is 6. The molecule has 0 aromatic carbocycles. The highest BCUT2D eigenvalue weighted by atomic mass is 32.1. The van der Waals surface area contributed by atoms with Gasteiger partial charge >= 0.3 is 0 Å². The van der Waals surface area contributed by atoms with Crippen LogP contribution in [0, 0.1) is 6.92 Å². The fourth-order valence-electron chi connectivity index (χ4n) is 2.28. The molecule has 0 saturated heterocycles. The van der Waals surface area contributed by atoms with Gasteiger partial charge in [-0.3, -0.25) is 0 Å². The molecular formula is C14H22N4OS. The Morgan fingerprint density at radius 1 is 1.35 bits per heavy atom. The van der Waals surface area contributed by atoms with Crippen LogP contribution in [0.25, 0.3) is 0 Å². The molecule has 2 rings (SSSR count). The first-order valence-electron chi connectivity index (χ1n) is 7.10. The number of hydrogen-bond donors (Lipinski definition) is 1. The summed E-state index contributed by atoms with van der Waals surface area (Å²) in [6, 6.07) is 0.370. The number of rotatable bonds is 7. The predicted octanol–water partition coefficient (Wildman–Crippen LogP) is 2.92. The van der Waals surface area contributed by atoms with E-state index in [0.29, 0.717) is 24.2 Å². The van der Waals surface area contributed by atoms with Crippen LogP contribution in [-0.4, -0.2) is 27.7 Å². The minimum Gasteiger partial charge on any atom is -0.339 e. The lowest BCUT2D eigenvalue weighted by Crippen LogP contribution is -2.33. The first-order valence-corrected chi connectivity index (χ1v) is 7.98. The molecule has 0 radical (unpaired) electrons. The highest BCUT2D eigenvalue weighted by Crippen LogP contribution is 2.20. The number of likely N-dealkylation sites (N-methyl/N-ethyl adjacent to an activating group) is 1. The minimum atomic E-state index is 0.221. The molecule has 6 heteroatoms. The van der Waals surface area contributed by atoms with Crippen molar-refractivity contribution in [2.75, 3.05) is 6.54 Å². The molecule has 20 heavy (non-hydrogen) atoms. The molecule has 0 bridgehead atoms. The van der Waals surface area contributed by atoms with Crippen LogP contribution in [-0.2, 0) is 6.42 Å². The van der Waals surface area contributed by atoms with Crippen LogP contribution in [0.4, 0.5) is 0 Å². The van der Waals surface area contributed by atoms with Gasteiger partial charge in [0, 0.05) is 11.4 Å². The lowest BCUT2D eigenvalue weighted by atomic mass is 9.99. The molecule has 2 atom stereocenters. The van der Waals surface area contributed by atoms with E-state index >= 15 is 0 Å². The van der Waals surface area contributed by atoms with Crippen LogP contribution < -0.4 is 5.32 Å². The van der Waals surface area contributed by atoms with Crippen molar-refractivity contribution >= 4 is 11.3 Å². The minimum absolute atomic E-state index is 0.221. The van der Waals surface area contributed by atoms with Gasteiger partial charge in [-0.25, -0.2) is 4.98 Å². The van der Waals surface area contributed by atoms with E-state index in [0.717, 1.165) is 23.7 Å². The largest absolute Gasteiger partial charge is 0.339 e. The smallest absolute Gasteiger partial charge is 0.231 e. The number of nitrogens with zero attached hydrogens (tertiary/aromatic N) is 3. The van der Waals surface area contributed by atoms with Gasteiger partial charge in [0.05, 0.1) is 23.0 Å². The summed E-state index contributed by atoms with van der Waals surface area (Å²) in [6.07, 6.45) is 1.68. The van der Waals surface area contributed by atoms with Gasteiger partial charge in [0.1, 0.15) is 0 Å². The summed E-state index contributed by atoms with van der Waals surface area (Å²) in [6.45, 7) is 9.35. The quantitative estimate of drug-likeness (QED) is 0.850. The third-order valence-corrected chi connectivity index (χ3v) is 4.21. The number of aryl methyl sites for hydroxylation is 1. The standard InChI is InChI=1S/C14H22N4OS/c1-5-12(15-6-2)9(3)14-17-13(18-19-14)7-11-8-20-10(4)16-11/h8-9,12,15H,5-7H2,1-4H3. The Balaban J connectivity index is 2.04. The zero-order chi connectivity index (χ0) is 14.5. The lowest BCUT2D eigenvalue weighted by molar-refractivity contribution is 0.319. The molecule has 110 valence electrons. The van der Waals surface area contributed by atoms with Gasteiger partial charge in [-0.15, -0.1) is 11.3 Å². The van der Waals surface area contributed by atoms with Gasteiger partial charge in [0.15, 0.2) is 5.82 Å². The average molecular weight is 294 g/mol. The summed E-state index contributed by atoms with van der Waals surface area (Å²) >= 11 is 1.64. The van der Waals surface area contributed by atoms with Crippen molar-refractivity contribution in [1.29, 1.82) is 0 Å². The van der Waals surface area contributed by atoms with Crippen molar-refractivity contribution < 1.29 is 4.52 Å². The first-order chi connectivity index (χ1) is 9.63. The number of aromatic nitrogens is 3. The molecule has 0 spiro atoms. The number of thiazole rings is 1. The monoisotopic (exact) mass is 294 g/mol. The third-order valence-electron chi connectivity index (χ3n) is 3.39. The van der Waals surface area contributed by atoms with E-state index in [1.165, 1.54) is 0 Å². The molecule has 0 aliphatic carbocycles. The molecule has 0 amide bonds. The summed E-state index contributed by atoms with van der Waals surface area (Å²) in [4.78, 5) is 8.94. The van der Waals surface area contributed by atoms with E-state index in [1.54, 1.807) is 11.3 Å². The van der Waals surface area contributed by atoms with Gasteiger partial charge in [0.25, 0.3) is 0 Å². The highest BCUT2D eigenvalue weighted by molar-refractivity contribution is 7.09. The molecule has 5 nitrogen and oxygen atoms in total. The second kappa shape index (κ2) is 6.95. The van der Waals surface area contributed by atoms with Crippen molar-refractivity contribution in [3.8, 4) is 0 Å². The van der Waals surface area contributed by atoms with E-state index in [2.05, 4.69) is 41.2 Å². The zero-order valence-electron chi connectivity index (χ0n) is 12.5. The Morgan fingerprint density at radius 3 is 2.75 bits per heavy atom. The van der Waals surface area contributed by atoms with Crippen LogP contribution in [0.1, 0.15) is 55.5 Å². The molecular weight excluding hydrogens is 272 g/mol. The highest BCUT2D eigenvalue weighted by Gasteiger charge is 2.22. The second-order valence-electron chi connectivity index (χ2n) is 4.94. The normalized spacial score (nSPS) is 14.4. The molecule has 2 heterocycles. The third kappa shape index (κ3) is 3.64. The fraction of sp³-hybridized carbons (Fsp3) is 0.643. The van der Waals surface area contributed by atoms with Gasteiger partial charge < -0.3 is 9.84 Å². The maximum atomic E-state index is 5.41. The molecule has 2 aromatic rings. The summed E-state index contributed by atoms with van der Waals surface area (Å²) < 4.78 is 5.41. The van der Waals surface area contributed by atoms with Crippen LogP contribution in [0.2, 0.25) is 0 Å². The van der Waals surface area contributed by atoms with E-state index < -0.39 is 0 Å². The van der Waals surface area contributed by atoms with E-state index in [4.69, 9.17) is 4.52 Å². The Morgan fingerprint density at radius 2 is 2.15 bits per heavy atom. The Hall–Kier alpha value is -1.27. The van der Waals surface area contributed by atoms with Crippen LogP contribution in [0.15, 0.2) is 9.90 Å². The summed E-state index contributed by atoms with van der Waals surface area (Å²) in [5, 5.41) is 10.6. The molecule has 0 saturated carbocycles. The van der Waals surface area contributed by atoms with Crippen molar-refractivity contribution in [3.63, 3.8) is 0 Å². The van der Waals surface area contributed by atoms with E-state index in [1.807, 2.05) is 12.3 Å². The SMILES string of the molecule is CCNC(CC)C(C)c1nc(Cc2csc(C)n2)no1. The molecule has 0 fully saturated rings. The lowest BCUT2D eigenvalue weighted by Gasteiger charge is -2.20. The molecule has 0 aliphatic heterocycles.